The molecule has 0 aliphatic rings. The molecule has 0 aliphatic carbocycles. The zero-order valence-electron chi connectivity index (χ0n) is 13.7. The minimum absolute atomic E-state index is 0.121. The summed E-state index contributed by atoms with van der Waals surface area (Å²) >= 11 is 0. The second kappa shape index (κ2) is 6.53. The van der Waals surface area contributed by atoms with Crippen molar-refractivity contribution >= 4 is 0 Å². The van der Waals surface area contributed by atoms with Gasteiger partial charge in [0.1, 0.15) is 0 Å². The molecule has 1 aromatic carbocycles. The highest BCUT2D eigenvalue weighted by Gasteiger charge is 2.35. The third-order valence-electron chi connectivity index (χ3n) is 4.34. The summed E-state index contributed by atoms with van der Waals surface area (Å²) in [5.41, 5.74) is 4.21. The standard InChI is InChI=1S/C17H30N2/c1-8-17(5,19(6)7)16(18-9-2)15-11-13(3)10-14(4)12-15/h10-12,16,18H,8-9H2,1-7H3. The molecule has 2 nitrogen and oxygen atoms in total. The van der Waals surface area contributed by atoms with Crippen LogP contribution in [-0.2, 0) is 0 Å². The van der Waals surface area contributed by atoms with Crippen LogP contribution in [-0.4, -0.2) is 31.1 Å². The van der Waals surface area contributed by atoms with Crippen molar-refractivity contribution in [2.45, 2.75) is 52.6 Å². The van der Waals surface area contributed by atoms with E-state index < -0.39 is 0 Å². The highest BCUT2D eigenvalue weighted by molar-refractivity contribution is 5.32. The Balaban J connectivity index is 3.26. The van der Waals surface area contributed by atoms with Crippen LogP contribution in [0.3, 0.4) is 0 Å². The molecule has 0 saturated heterocycles. The van der Waals surface area contributed by atoms with Crippen LogP contribution in [0.4, 0.5) is 0 Å². The maximum atomic E-state index is 3.68. The van der Waals surface area contributed by atoms with Crippen molar-refractivity contribution in [3.05, 3.63) is 34.9 Å². The first-order chi connectivity index (χ1) is 8.85. The molecular weight excluding hydrogens is 232 g/mol. The summed E-state index contributed by atoms with van der Waals surface area (Å²) in [5, 5.41) is 3.68. The topological polar surface area (TPSA) is 15.3 Å². The van der Waals surface area contributed by atoms with Gasteiger partial charge in [-0.15, -0.1) is 0 Å². The van der Waals surface area contributed by atoms with E-state index in [0.717, 1.165) is 13.0 Å². The number of rotatable bonds is 6. The van der Waals surface area contributed by atoms with Crippen LogP contribution in [0.15, 0.2) is 18.2 Å². The predicted octanol–water partition coefficient (Wildman–Crippen LogP) is 3.68. The number of hydrogen-bond acceptors (Lipinski definition) is 2. The zero-order chi connectivity index (χ0) is 14.6. The Bertz CT molecular complexity index is 391. The molecule has 0 amide bonds. The summed E-state index contributed by atoms with van der Waals surface area (Å²) in [6.45, 7) is 12.1. The van der Waals surface area contributed by atoms with Crippen molar-refractivity contribution in [3.8, 4) is 0 Å². The van der Waals surface area contributed by atoms with Crippen LogP contribution in [0.25, 0.3) is 0 Å². The van der Waals surface area contributed by atoms with Gasteiger partial charge in [-0.25, -0.2) is 0 Å². The summed E-state index contributed by atoms with van der Waals surface area (Å²) in [4.78, 5) is 2.35. The molecule has 2 unspecified atom stereocenters. The van der Waals surface area contributed by atoms with E-state index in [1.165, 1.54) is 16.7 Å². The second-order valence-electron chi connectivity index (χ2n) is 6.02. The fourth-order valence-corrected chi connectivity index (χ4v) is 2.86. The van der Waals surface area contributed by atoms with E-state index in [4.69, 9.17) is 0 Å². The van der Waals surface area contributed by atoms with Gasteiger partial charge < -0.3 is 10.2 Å². The van der Waals surface area contributed by atoms with Gasteiger partial charge in [0.25, 0.3) is 0 Å². The van der Waals surface area contributed by atoms with E-state index in [1.54, 1.807) is 0 Å². The maximum absolute atomic E-state index is 3.68. The van der Waals surface area contributed by atoms with Gasteiger partial charge in [-0.05, 0) is 53.4 Å². The molecule has 1 N–H and O–H groups in total. The summed E-state index contributed by atoms with van der Waals surface area (Å²) in [7, 11) is 4.35. The fraction of sp³-hybridized carbons (Fsp3) is 0.647. The highest BCUT2D eigenvalue weighted by atomic mass is 15.2. The van der Waals surface area contributed by atoms with Gasteiger partial charge >= 0.3 is 0 Å². The predicted molar refractivity (Wildman–Crippen MR) is 84.7 cm³/mol. The van der Waals surface area contributed by atoms with Gasteiger partial charge in [0.2, 0.25) is 0 Å². The number of hydrogen-bond donors (Lipinski definition) is 1. The lowest BCUT2D eigenvalue weighted by molar-refractivity contribution is 0.113. The molecule has 19 heavy (non-hydrogen) atoms. The molecular formula is C17H30N2. The van der Waals surface area contributed by atoms with E-state index in [9.17, 15) is 0 Å². The van der Waals surface area contributed by atoms with Crippen LogP contribution in [0.1, 0.15) is 49.9 Å². The van der Waals surface area contributed by atoms with Crippen LogP contribution in [0, 0.1) is 13.8 Å². The number of nitrogens with one attached hydrogen (secondary N) is 1. The van der Waals surface area contributed by atoms with E-state index in [-0.39, 0.29) is 5.54 Å². The minimum Gasteiger partial charge on any atom is -0.309 e. The Morgan fingerprint density at radius 1 is 1.11 bits per heavy atom. The van der Waals surface area contributed by atoms with Gasteiger partial charge in [-0.3, -0.25) is 0 Å². The lowest BCUT2D eigenvalue weighted by Crippen LogP contribution is -2.51. The van der Waals surface area contributed by atoms with Gasteiger partial charge in [0, 0.05) is 5.54 Å². The number of likely N-dealkylation sites (N-methyl/N-ethyl adjacent to an activating group) is 2. The molecule has 2 atom stereocenters. The van der Waals surface area contributed by atoms with Gasteiger partial charge in [-0.2, -0.15) is 0 Å². The Morgan fingerprint density at radius 2 is 1.63 bits per heavy atom. The van der Waals surface area contributed by atoms with E-state index >= 15 is 0 Å². The number of nitrogens with zero attached hydrogens (tertiary/aromatic N) is 1. The van der Waals surface area contributed by atoms with Crippen molar-refractivity contribution in [2.75, 3.05) is 20.6 Å². The van der Waals surface area contributed by atoms with Crippen molar-refractivity contribution < 1.29 is 0 Å². The smallest absolute Gasteiger partial charge is 0.0504 e. The molecule has 0 heterocycles. The highest BCUT2D eigenvalue weighted by Crippen LogP contribution is 2.33. The Kier molecular flexibility index (Phi) is 5.57. The lowest BCUT2D eigenvalue weighted by atomic mass is 9.82. The van der Waals surface area contributed by atoms with Crippen molar-refractivity contribution in [2.24, 2.45) is 0 Å². The molecule has 0 aliphatic heterocycles. The van der Waals surface area contributed by atoms with E-state index in [1.807, 2.05) is 0 Å². The average molecular weight is 262 g/mol. The third-order valence-corrected chi connectivity index (χ3v) is 4.34. The Hall–Kier alpha value is -0.860. The quantitative estimate of drug-likeness (QED) is 0.841. The fourth-order valence-electron chi connectivity index (χ4n) is 2.86. The van der Waals surface area contributed by atoms with Crippen LogP contribution in [0.5, 0.6) is 0 Å². The summed E-state index contributed by atoms with van der Waals surface area (Å²) in [6, 6.07) is 7.23. The molecule has 0 radical (unpaired) electrons. The van der Waals surface area contributed by atoms with Gasteiger partial charge in [0.15, 0.2) is 0 Å². The van der Waals surface area contributed by atoms with Gasteiger partial charge in [0.05, 0.1) is 6.04 Å². The molecule has 0 fully saturated rings. The van der Waals surface area contributed by atoms with Crippen molar-refractivity contribution in [1.82, 2.24) is 10.2 Å². The average Bonchev–Trinajstić information content (AvgIpc) is 2.33. The first-order valence-corrected chi connectivity index (χ1v) is 7.34. The largest absolute Gasteiger partial charge is 0.309 e. The molecule has 0 aromatic heterocycles. The molecule has 0 saturated carbocycles. The van der Waals surface area contributed by atoms with Crippen LogP contribution >= 0.6 is 0 Å². The third kappa shape index (κ3) is 3.58. The summed E-state index contributed by atoms with van der Waals surface area (Å²) in [6.07, 6.45) is 1.12. The molecule has 0 spiro atoms. The number of aryl methyl sites for hydroxylation is 2. The zero-order valence-corrected chi connectivity index (χ0v) is 13.7. The normalized spacial score (nSPS) is 16.4. The monoisotopic (exact) mass is 262 g/mol. The van der Waals surface area contributed by atoms with E-state index in [0.29, 0.717) is 6.04 Å². The Morgan fingerprint density at radius 3 is 2.00 bits per heavy atom. The van der Waals surface area contributed by atoms with Gasteiger partial charge in [-0.1, -0.05) is 43.2 Å². The minimum atomic E-state index is 0.121. The van der Waals surface area contributed by atoms with Crippen LogP contribution in [0.2, 0.25) is 0 Å². The lowest BCUT2D eigenvalue weighted by Gasteiger charge is -2.43. The molecule has 1 rings (SSSR count). The van der Waals surface area contributed by atoms with Crippen molar-refractivity contribution in [1.29, 1.82) is 0 Å². The van der Waals surface area contributed by atoms with Crippen LogP contribution < -0.4 is 5.32 Å². The maximum Gasteiger partial charge on any atom is 0.0504 e. The molecule has 0 bridgehead atoms. The molecule has 1 aromatic rings. The summed E-state index contributed by atoms with van der Waals surface area (Å²) < 4.78 is 0. The summed E-state index contributed by atoms with van der Waals surface area (Å²) in [5.74, 6) is 0. The Labute approximate surface area is 119 Å². The molecule has 108 valence electrons. The SMILES string of the molecule is CCNC(c1cc(C)cc(C)c1)C(C)(CC)N(C)C. The van der Waals surface area contributed by atoms with Crippen molar-refractivity contribution in [3.63, 3.8) is 0 Å². The van der Waals surface area contributed by atoms with E-state index in [2.05, 4.69) is 77.1 Å². The molecule has 2 heteroatoms. The first-order valence-electron chi connectivity index (χ1n) is 7.34. The second-order valence-corrected chi connectivity index (χ2v) is 6.02. The first kappa shape index (κ1) is 16.2. The number of benzene rings is 1.